The molecule has 2 N–H and O–H groups in total. The maximum Gasteiger partial charge on any atom is 0.225 e. The first-order valence-electron chi connectivity index (χ1n) is 6.31. The molecule has 5 heteroatoms. The summed E-state index contributed by atoms with van der Waals surface area (Å²) in [6.45, 7) is 2.57. The van der Waals surface area contributed by atoms with Gasteiger partial charge in [0.2, 0.25) is 11.8 Å². The Hall–Kier alpha value is -1.36. The summed E-state index contributed by atoms with van der Waals surface area (Å²) in [5.41, 5.74) is 0. The average Bonchev–Trinajstić information content (AvgIpc) is 2.98. The highest BCUT2D eigenvalue weighted by Gasteiger charge is 2.29. The van der Waals surface area contributed by atoms with Crippen LogP contribution in [0, 0.1) is 5.92 Å². The molecular formula is C13H18N2O2S. The van der Waals surface area contributed by atoms with Gasteiger partial charge >= 0.3 is 0 Å². The van der Waals surface area contributed by atoms with Gasteiger partial charge in [0.25, 0.3) is 0 Å². The van der Waals surface area contributed by atoms with Crippen molar-refractivity contribution in [1.29, 1.82) is 0 Å². The van der Waals surface area contributed by atoms with Crippen molar-refractivity contribution in [2.24, 2.45) is 5.92 Å². The molecule has 2 heterocycles. The largest absolute Gasteiger partial charge is 0.355 e. The Labute approximate surface area is 111 Å². The minimum atomic E-state index is -0.211. The quantitative estimate of drug-likeness (QED) is 0.854. The predicted octanol–water partition coefficient (Wildman–Crippen LogP) is 1.84. The minimum Gasteiger partial charge on any atom is -0.355 e. The van der Waals surface area contributed by atoms with E-state index in [9.17, 15) is 9.59 Å². The fourth-order valence-corrected chi connectivity index (χ4v) is 2.96. The van der Waals surface area contributed by atoms with Crippen molar-refractivity contribution in [2.45, 2.75) is 32.2 Å². The van der Waals surface area contributed by atoms with E-state index in [4.69, 9.17) is 0 Å². The highest BCUT2D eigenvalue weighted by atomic mass is 32.1. The van der Waals surface area contributed by atoms with Gasteiger partial charge in [-0.05, 0) is 17.9 Å². The maximum absolute atomic E-state index is 12.1. The lowest BCUT2D eigenvalue weighted by Crippen LogP contribution is -2.34. The van der Waals surface area contributed by atoms with Gasteiger partial charge in [-0.15, -0.1) is 11.3 Å². The van der Waals surface area contributed by atoms with Gasteiger partial charge in [-0.25, -0.2) is 0 Å². The third kappa shape index (κ3) is 3.10. The van der Waals surface area contributed by atoms with Crippen LogP contribution in [0.1, 0.15) is 37.1 Å². The zero-order valence-electron chi connectivity index (χ0n) is 10.4. The van der Waals surface area contributed by atoms with Gasteiger partial charge in [0.15, 0.2) is 0 Å². The molecule has 98 valence electrons. The summed E-state index contributed by atoms with van der Waals surface area (Å²) in [7, 11) is 0. The summed E-state index contributed by atoms with van der Waals surface area (Å²) in [4.78, 5) is 24.4. The lowest BCUT2D eigenvalue weighted by Gasteiger charge is -2.18. The van der Waals surface area contributed by atoms with Gasteiger partial charge in [-0.3, -0.25) is 9.59 Å². The van der Waals surface area contributed by atoms with Crippen molar-refractivity contribution < 1.29 is 9.59 Å². The average molecular weight is 266 g/mol. The molecule has 2 rings (SSSR count). The van der Waals surface area contributed by atoms with Crippen LogP contribution in [0.15, 0.2) is 17.5 Å². The van der Waals surface area contributed by atoms with Crippen molar-refractivity contribution in [1.82, 2.24) is 10.6 Å². The van der Waals surface area contributed by atoms with E-state index in [1.54, 1.807) is 11.3 Å². The number of thiophene rings is 1. The third-order valence-electron chi connectivity index (χ3n) is 3.13. The van der Waals surface area contributed by atoms with Gasteiger partial charge in [0, 0.05) is 17.8 Å². The molecule has 1 aromatic heterocycles. The van der Waals surface area contributed by atoms with E-state index in [0.29, 0.717) is 13.0 Å². The van der Waals surface area contributed by atoms with Crippen LogP contribution < -0.4 is 10.6 Å². The van der Waals surface area contributed by atoms with Crippen LogP contribution in [0.2, 0.25) is 0 Å². The summed E-state index contributed by atoms with van der Waals surface area (Å²) >= 11 is 1.66. The molecule has 0 radical (unpaired) electrons. The van der Waals surface area contributed by atoms with Crippen LogP contribution in [0.5, 0.6) is 0 Å². The second kappa shape index (κ2) is 6.00. The highest BCUT2D eigenvalue weighted by Crippen LogP contribution is 2.24. The van der Waals surface area contributed by atoms with E-state index in [2.05, 4.69) is 17.6 Å². The van der Waals surface area contributed by atoms with E-state index in [1.807, 2.05) is 17.5 Å². The summed E-state index contributed by atoms with van der Waals surface area (Å²) in [5.74, 6) is -0.254. The first-order valence-corrected chi connectivity index (χ1v) is 7.19. The number of carbonyl (C=O) groups excluding carboxylic acids is 2. The van der Waals surface area contributed by atoms with Crippen molar-refractivity contribution in [3.05, 3.63) is 22.4 Å². The van der Waals surface area contributed by atoms with Gasteiger partial charge in [0.1, 0.15) is 0 Å². The second-order valence-corrected chi connectivity index (χ2v) is 5.55. The Morgan fingerprint density at radius 2 is 2.50 bits per heavy atom. The molecule has 18 heavy (non-hydrogen) atoms. The number of amides is 2. The zero-order chi connectivity index (χ0) is 13.0. The zero-order valence-corrected chi connectivity index (χ0v) is 11.3. The standard InChI is InChI=1S/C13H18N2O2S/c1-2-4-10(11-5-3-6-18-11)15-13(17)9-7-12(16)14-8-9/h3,5-6,9-10H,2,4,7-8H2,1H3,(H,14,16)(H,15,17). The smallest absolute Gasteiger partial charge is 0.225 e. The van der Waals surface area contributed by atoms with Crippen LogP contribution in [0.3, 0.4) is 0 Å². The van der Waals surface area contributed by atoms with E-state index >= 15 is 0 Å². The number of carbonyl (C=O) groups is 2. The molecule has 4 nitrogen and oxygen atoms in total. The van der Waals surface area contributed by atoms with Crippen LogP contribution in [-0.2, 0) is 9.59 Å². The lowest BCUT2D eigenvalue weighted by molar-refractivity contribution is -0.127. The van der Waals surface area contributed by atoms with Gasteiger partial charge in [-0.2, -0.15) is 0 Å². The van der Waals surface area contributed by atoms with E-state index in [-0.39, 0.29) is 23.8 Å². The Morgan fingerprint density at radius 1 is 1.67 bits per heavy atom. The predicted molar refractivity (Wildman–Crippen MR) is 71.2 cm³/mol. The fraction of sp³-hybridized carbons (Fsp3) is 0.538. The van der Waals surface area contributed by atoms with E-state index in [0.717, 1.165) is 12.8 Å². The molecule has 0 saturated carbocycles. The molecule has 1 saturated heterocycles. The Balaban J connectivity index is 1.96. The van der Waals surface area contributed by atoms with Crippen molar-refractivity contribution >= 4 is 23.2 Å². The molecular weight excluding hydrogens is 248 g/mol. The van der Waals surface area contributed by atoms with Crippen LogP contribution >= 0.6 is 11.3 Å². The fourth-order valence-electron chi connectivity index (χ4n) is 2.14. The lowest BCUT2D eigenvalue weighted by atomic mass is 10.1. The summed E-state index contributed by atoms with van der Waals surface area (Å²) in [5, 5.41) is 7.77. The monoisotopic (exact) mass is 266 g/mol. The van der Waals surface area contributed by atoms with Gasteiger partial charge in [-0.1, -0.05) is 19.4 Å². The van der Waals surface area contributed by atoms with Gasteiger partial charge in [0.05, 0.1) is 12.0 Å². The molecule has 2 unspecified atom stereocenters. The minimum absolute atomic E-state index is 0.0137. The van der Waals surface area contributed by atoms with Crippen molar-refractivity contribution in [3.63, 3.8) is 0 Å². The second-order valence-electron chi connectivity index (χ2n) is 4.57. The molecule has 0 spiro atoms. The Bertz CT molecular complexity index is 417. The number of hydrogen-bond acceptors (Lipinski definition) is 3. The first kappa shape index (κ1) is 13.1. The van der Waals surface area contributed by atoms with Crippen molar-refractivity contribution in [2.75, 3.05) is 6.54 Å². The van der Waals surface area contributed by atoms with Crippen LogP contribution in [-0.4, -0.2) is 18.4 Å². The topological polar surface area (TPSA) is 58.2 Å². The summed E-state index contributed by atoms with van der Waals surface area (Å²) < 4.78 is 0. The summed E-state index contributed by atoms with van der Waals surface area (Å²) in [6, 6.07) is 4.12. The van der Waals surface area contributed by atoms with E-state index in [1.165, 1.54) is 4.88 Å². The molecule has 1 aliphatic rings. The Morgan fingerprint density at radius 3 is 3.06 bits per heavy atom. The van der Waals surface area contributed by atoms with E-state index < -0.39 is 0 Å². The number of nitrogens with one attached hydrogen (secondary N) is 2. The molecule has 1 fully saturated rings. The molecule has 0 aliphatic carbocycles. The number of hydrogen-bond donors (Lipinski definition) is 2. The van der Waals surface area contributed by atoms with Crippen LogP contribution in [0.25, 0.3) is 0 Å². The molecule has 2 atom stereocenters. The highest BCUT2D eigenvalue weighted by molar-refractivity contribution is 7.10. The van der Waals surface area contributed by atoms with Crippen LogP contribution in [0.4, 0.5) is 0 Å². The molecule has 1 aliphatic heterocycles. The SMILES string of the molecule is CCCC(NC(=O)C1CNC(=O)C1)c1cccs1. The van der Waals surface area contributed by atoms with Crippen molar-refractivity contribution in [3.8, 4) is 0 Å². The third-order valence-corrected chi connectivity index (χ3v) is 4.11. The first-order chi connectivity index (χ1) is 8.70. The maximum atomic E-state index is 12.1. The summed E-state index contributed by atoms with van der Waals surface area (Å²) in [6.07, 6.45) is 2.26. The molecule has 1 aromatic rings. The molecule has 2 amide bonds. The molecule has 0 bridgehead atoms. The number of rotatable bonds is 5. The normalized spacial score (nSPS) is 20.5. The Kier molecular flexibility index (Phi) is 4.36. The molecule has 0 aromatic carbocycles. The van der Waals surface area contributed by atoms with Gasteiger partial charge < -0.3 is 10.6 Å².